The molecule has 8 heteroatoms. The lowest BCUT2D eigenvalue weighted by Gasteiger charge is -2.36. The molecule has 1 aliphatic heterocycles. The van der Waals surface area contributed by atoms with Gasteiger partial charge in [0.15, 0.2) is 4.90 Å². The Morgan fingerprint density at radius 3 is 2.42 bits per heavy atom. The van der Waals surface area contributed by atoms with Gasteiger partial charge < -0.3 is 4.90 Å². The smallest absolute Gasteiger partial charge is 0.289 e. The first-order valence-corrected chi connectivity index (χ1v) is 10.5. The summed E-state index contributed by atoms with van der Waals surface area (Å²) in [6.45, 7) is 3.13. The molecule has 4 rings (SSSR count). The van der Waals surface area contributed by atoms with Crippen LogP contribution in [0.15, 0.2) is 41.3 Å². The predicted octanol–water partition coefficient (Wildman–Crippen LogP) is 2.11. The number of rotatable bonds is 5. The van der Waals surface area contributed by atoms with Gasteiger partial charge in [0, 0.05) is 38.8 Å². The summed E-state index contributed by atoms with van der Waals surface area (Å²) in [6.07, 6.45) is 7.19. The van der Waals surface area contributed by atoms with Crippen molar-refractivity contribution < 1.29 is 13.3 Å². The lowest BCUT2D eigenvalue weighted by atomic mass is 9.93. The number of nitro groups is 1. The number of benzene rings is 1. The molecule has 0 radical (unpaired) electrons. The Balaban J connectivity index is 1.41. The van der Waals surface area contributed by atoms with Crippen molar-refractivity contribution in [2.45, 2.75) is 17.7 Å². The van der Waals surface area contributed by atoms with Crippen LogP contribution >= 0.6 is 0 Å². The average molecular weight is 377 g/mol. The van der Waals surface area contributed by atoms with Crippen LogP contribution in [0.5, 0.6) is 0 Å². The number of allylic oxidation sites excluding steroid dienone is 2. The highest BCUT2D eigenvalue weighted by Crippen LogP contribution is 2.43. The van der Waals surface area contributed by atoms with Crippen molar-refractivity contribution in [3.05, 3.63) is 46.5 Å². The maximum absolute atomic E-state index is 12.9. The molecule has 0 N–H and O–H groups in total. The van der Waals surface area contributed by atoms with E-state index >= 15 is 0 Å². The maximum Gasteiger partial charge on any atom is 0.289 e. The van der Waals surface area contributed by atoms with E-state index in [1.165, 1.54) is 41.4 Å². The van der Waals surface area contributed by atoms with Crippen LogP contribution in [0.1, 0.15) is 12.8 Å². The fourth-order valence-corrected chi connectivity index (χ4v) is 6.13. The molecule has 3 aliphatic rings. The molecule has 0 spiro atoms. The van der Waals surface area contributed by atoms with Gasteiger partial charge in [-0.15, -0.1) is 0 Å². The second-order valence-corrected chi connectivity index (χ2v) is 9.38. The Morgan fingerprint density at radius 2 is 1.81 bits per heavy atom. The van der Waals surface area contributed by atoms with E-state index in [9.17, 15) is 18.5 Å². The third-order valence-corrected chi connectivity index (χ3v) is 7.87. The molecule has 1 aromatic rings. The number of sulfonamides is 1. The summed E-state index contributed by atoms with van der Waals surface area (Å²) in [6, 6.07) is 5.57. The summed E-state index contributed by atoms with van der Waals surface area (Å²) >= 11 is 0. The van der Waals surface area contributed by atoms with E-state index in [4.69, 9.17) is 0 Å². The summed E-state index contributed by atoms with van der Waals surface area (Å²) < 4.78 is 27.1. The standard InChI is InChI=1S/C18H23N3O4S/c22-21(23)17-3-1-2-4-18(17)26(24,25)20-9-7-19(8-10-20)13-16-12-14-5-6-15(16)11-14/h1-6,14-16H,7-13H2. The molecule has 26 heavy (non-hydrogen) atoms. The third kappa shape index (κ3) is 3.17. The minimum absolute atomic E-state index is 0.211. The van der Waals surface area contributed by atoms with Gasteiger partial charge in [0.05, 0.1) is 4.92 Å². The Morgan fingerprint density at radius 1 is 1.08 bits per heavy atom. The lowest BCUT2D eigenvalue weighted by Crippen LogP contribution is -2.50. The molecule has 3 atom stereocenters. The number of piperazine rings is 1. The zero-order chi connectivity index (χ0) is 18.3. The van der Waals surface area contributed by atoms with Crippen molar-refractivity contribution in [3.8, 4) is 0 Å². The van der Waals surface area contributed by atoms with E-state index in [1.54, 1.807) is 0 Å². The van der Waals surface area contributed by atoms with Crippen molar-refractivity contribution in [3.63, 3.8) is 0 Å². The van der Waals surface area contributed by atoms with Gasteiger partial charge in [-0.05, 0) is 36.7 Å². The zero-order valence-electron chi connectivity index (χ0n) is 14.5. The quantitative estimate of drug-likeness (QED) is 0.446. The molecular formula is C18H23N3O4S. The first-order valence-electron chi connectivity index (χ1n) is 9.09. The minimum atomic E-state index is -3.84. The van der Waals surface area contributed by atoms with Crippen molar-refractivity contribution in [1.82, 2.24) is 9.21 Å². The van der Waals surface area contributed by atoms with E-state index < -0.39 is 14.9 Å². The summed E-state index contributed by atoms with van der Waals surface area (Å²) in [5, 5.41) is 11.2. The maximum atomic E-state index is 12.9. The average Bonchev–Trinajstić information content (AvgIpc) is 3.25. The zero-order valence-corrected chi connectivity index (χ0v) is 15.3. The molecule has 1 heterocycles. The van der Waals surface area contributed by atoms with Crippen LogP contribution < -0.4 is 0 Å². The van der Waals surface area contributed by atoms with E-state index in [1.807, 2.05) is 0 Å². The highest BCUT2D eigenvalue weighted by atomic mass is 32.2. The first kappa shape index (κ1) is 17.6. The molecule has 3 unspecified atom stereocenters. The second-order valence-electron chi connectivity index (χ2n) is 7.47. The Labute approximate surface area is 153 Å². The number of hydrogen-bond donors (Lipinski definition) is 0. The van der Waals surface area contributed by atoms with Gasteiger partial charge in [-0.1, -0.05) is 24.3 Å². The van der Waals surface area contributed by atoms with Crippen molar-refractivity contribution in [2.75, 3.05) is 32.7 Å². The number of nitro benzene ring substituents is 1. The summed E-state index contributed by atoms with van der Waals surface area (Å²) in [5.74, 6) is 2.11. The molecule has 2 bridgehead atoms. The Kier molecular flexibility index (Phi) is 4.58. The van der Waals surface area contributed by atoms with Gasteiger partial charge in [-0.2, -0.15) is 4.31 Å². The minimum Gasteiger partial charge on any atom is -0.300 e. The molecule has 0 amide bonds. The van der Waals surface area contributed by atoms with Gasteiger partial charge in [0.2, 0.25) is 10.0 Å². The molecular weight excluding hydrogens is 354 g/mol. The second kappa shape index (κ2) is 6.75. The summed E-state index contributed by atoms with van der Waals surface area (Å²) in [5.41, 5.74) is -0.358. The van der Waals surface area contributed by atoms with E-state index in [0.29, 0.717) is 38.0 Å². The lowest BCUT2D eigenvalue weighted by molar-refractivity contribution is -0.387. The number of fused-ring (bicyclic) bond motifs is 2. The van der Waals surface area contributed by atoms with Gasteiger partial charge >= 0.3 is 0 Å². The molecule has 2 aliphatic carbocycles. The van der Waals surface area contributed by atoms with Crippen LogP contribution in [-0.4, -0.2) is 55.3 Å². The first-order chi connectivity index (χ1) is 12.4. The van der Waals surface area contributed by atoms with Crippen molar-refractivity contribution >= 4 is 15.7 Å². The highest BCUT2D eigenvalue weighted by Gasteiger charge is 2.38. The fraction of sp³-hybridized carbons (Fsp3) is 0.556. The molecule has 0 aromatic heterocycles. The largest absolute Gasteiger partial charge is 0.300 e. The van der Waals surface area contributed by atoms with E-state index in [-0.39, 0.29) is 10.6 Å². The fourth-order valence-electron chi connectivity index (χ4n) is 4.55. The molecule has 140 valence electrons. The van der Waals surface area contributed by atoms with Crippen molar-refractivity contribution in [1.29, 1.82) is 0 Å². The third-order valence-electron chi connectivity index (χ3n) is 5.92. The van der Waals surface area contributed by atoms with Gasteiger partial charge in [-0.3, -0.25) is 10.1 Å². The van der Waals surface area contributed by atoms with Crippen LogP contribution in [0, 0.1) is 27.9 Å². The van der Waals surface area contributed by atoms with Gasteiger partial charge in [0.1, 0.15) is 0 Å². The number of nitrogens with zero attached hydrogens (tertiary/aromatic N) is 3. The molecule has 1 aromatic carbocycles. The predicted molar refractivity (Wildman–Crippen MR) is 97.1 cm³/mol. The van der Waals surface area contributed by atoms with E-state index in [0.717, 1.165) is 12.5 Å². The van der Waals surface area contributed by atoms with Gasteiger partial charge in [0.25, 0.3) is 5.69 Å². The Hall–Kier alpha value is -1.77. The monoisotopic (exact) mass is 377 g/mol. The number of para-hydroxylation sites is 1. The molecule has 7 nitrogen and oxygen atoms in total. The van der Waals surface area contributed by atoms with Crippen LogP contribution in [0.4, 0.5) is 5.69 Å². The molecule has 1 saturated heterocycles. The number of hydrogen-bond acceptors (Lipinski definition) is 5. The van der Waals surface area contributed by atoms with Crippen molar-refractivity contribution in [2.24, 2.45) is 17.8 Å². The Bertz CT molecular complexity index is 831. The highest BCUT2D eigenvalue weighted by molar-refractivity contribution is 7.89. The van der Waals surface area contributed by atoms with Crippen LogP contribution in [0.2, 0.25) is 0 Å². The van der Waals surface area contributed by atoms with Crippen LogP contribution in [0.3, 0.4) is 0 Å². The van der Waals surface area contributed by atoms with Gasteiger partial charge in [-0.25, -0.2) is 8.42 Å². The summed E-state index contributed by atoms with van der Waals surface area (Å²) in [4.78, 5) is 12.7. The molecule has 1 saturated carbocycles. The SMILES string of the molecule is O=[N+]([O-])c1ccccc1S(=O)(=O)N1CCN(CC2CC3C=CC2C3)CC1. The van der Waals surface area contributed by atoms with Crippen LogP contribution in [0.25, 0.3) is 0 Å². The summed E-state index contributed by atoms with van der Waals surface area (Å²) in [7, 11) is -3.84. The van der Waals surface area contributed by atoms with Crippen LogP contribution in [-0.2, 0) is 10.0 Å². The molecule has 2 fully saturated rings. The normalized spacial score (nSPS) is 29.3. The van der Waals surface area contributed by atoms with E-state index in [2.05, 4.69) is 17.1 Å². The topological polar surface area (TPSA) is 83.8 Å².